The van der Waals surface area contributed by atoms with Crippen LogP contribution in [0.1, 0.15) is 55.5 Å². The SMILES string of the molecule is CCO/N=C(/c1ccc(Br)cc1)C1CCN(C2(C)CCN(C(=O)c3c(Br)c[n+]([O-])cc3Br)CC2)CC1. The molecule has 10 heteroatoms. The molecule has 4 rings (SSSR count). The first-order chi connectivity index (χ1) is 17.2. The molecule has 1 aromatic carbocycles. The molecule has 2 aliphatic rings. The Kier molecular flexibility index (Phi) is 9.12. The molecule has 2 aromatic rings. The van der Waals surface area contributed by atoms with Crippen molar-refractivity contribution in [2.24, 2.45) is 11.1 Å². The molecule has 0 radical (unpaired) electrons. The van der Waals surface area contributed by atoms with Crippen molar-refractivity contribution in [3.05, 3.63) is 66.4 Å². The second kappa shape index (κ2) is 11.9. The molecule has 36 heavy (non-hydrogen) atoms. The number of rotatable bonds is 6. The molecule has 3 heterocycles. The lowest BCUT2D eigenvalue weighted by Crippen LogP contribution is -2.56. The Labute approximate surface area is 237 Å². The van der Waals surface area contributed by atoms with Crippen molar-refractivity contribution in [1.29, 1.82) is 0 Å². The summed E-state index contributed by atoms with van der Waals surface area (Å²) in [5, 5.41) is 16.2. The lowest BCUT2D eigenvalue weighted by Gasteiger charge is -2.49. The third-order valence-electron chi connectivity index (χ3n) is 7.38. The van der Waals surface area contributed by atoms with Crippen LogP contribution in [-0.4, -0.2) is 59.7 Å². The average Bonchev–Trinajstić information content (AvgIpc) is 2.85. The molecule has 0 bridgehead atoms. The molecule has 1 aromatic heterocycles. The second-order valence-electron chi connectivity index (χ2n) is 9.64. The van der Waals surface area contributed by atoms with Crippen molar-refractivity contribution in [2.45, 2.75) is 45.1 Å². The van der Waals surface area contributed by atoms with E-state index >= 15 is 0 Å². The van der Waals surface area contributed by atoms with Crippen LogP contribution in [0, 0.1) is 11.1 Å². The van der Waals surface area contributed by atoms with Crippen LogP contribution < -0.4 is 4.73 Å². The number of halogens is 3. The zero-order valence-corrected chi connectivity index (χ0v) is 25.3. The van der Waals surface area contributed by atoms with E-state index in [-0.39, 0.29) is 11.4 Å². The van der Waals surface area contributed by atoms with Crippen LogP contribution in [0.4, 0.5) is 0 Å². The van der Waals surface area contributed by atoms with Gasteiger partial charge in [0.25, 0.3) is 5.91 Å². The Morgan fingerprint density at radius 1 is 1.08 bits per heavy atom. The second-order valence-corrected chi connectivity index (χ2v) is 12.3. The summed E-state index contributed by atoms with van der Waals surface area (Å²) < 4.78 is 2.74. The number of hydrogen-bond acceptors (Lipinski definition) is 5. The molecular formula is C26H31Br3N4O3. The van der Waals surface area contributed by atoms with Crippen molar-refractivity contribution in [2.75, 3.05) is 32.8 Å². The van der Waals surface area contributed by atoms with Crippen LogP contribution in [-0.2, 0) is 4.84 Å². The molecule has 0 unspecified atom stereocenters. The summed E-state index contributed by atoms with van der Waals surface area (Å²) in [6, 6.07) is 8.30. The van der Waals surface area contributed by atoms with Gasteiger partial charge in [-0.05, 0) is 102 Å². The highest BCUT2D eigenvalue weighted by molar-refractivity contribution is 9.11. The van der Waals surface area contributed by atoms with Crippen molar-refractivity contribution >= 4 is 59.4 Å². The third kappa shape index (κ3) is 6.14. The highest BCUT2D eigenvalue weighted by atomic mass is 79.9. The molecule has 2 aliphatic heterocycles. The zero-order chi connectivity index (χ0) is 25.9. The van der Waals surface area contributed by atoms with E-state index in [2.05, 4.69) is 76.9 Å². The third-order valence-corrected chi connectivity index (χ3v) is 9.11. The van der Waals surface area contributed by atoms with E-state index < -0.39 is 0 Å². The number of carbonyl (C=O) groups is 1. The summed E-state index contributed by atoms with van der Waals surface area (Å²) in [5.74, 6) is 0.303. The molecule has 7 nitrogen and oxygen atoms in total. The number of pyridine rings is 1. The largest absolute Gasteiger partial charge is 0.619 e. The molecule has 0 atom stereocenters. The van der Waals surface area contributed by atoms with Crippen molar-refractivity contribution in [3.63, 3.8) is 0 Å². The Morgan fingerprint density at radius 2 is 1.67 bits per heavy atom. The summed E-state index contributed by atoms with van der Waals surface area (Å²) in [6.07, 6.45) is 6.62. The maximum absolute atomic E-state index is 13.2. The molecular weight excluding hydrogens is 656 g/mol. The van der Waals surface area contributed by atoms with Gasteiger partial charge >= 0.3 is 0 Å². The van der Waals surface area contributed by atoms with E-state index in [4.69, 9.17) is 4.84 Å². The Hall–Kier alpha value is -1.49. The van der Waals surface area contributed by atoms with Gasteiger partial charge in [-0.3, -0.25) is 9.69 Å². The number of oxime groups is 1. The predicted octanol–water partition coefficient (Wildman–Crippen LogP) is 5.76. The molecule has 0 N–H and O–H groups in total. The summed E-state index contributed by atoms with van der Waals surface area (Å²) in [4.78, 5) is 23.2. The average molecular weight is 687 g/mol. The van der Waals surface area contributed by atoms with E-state index in [0.717, 1.165) is 54.5 Å². The molecule has 2 fully saturated rings. The van der Waals surface area contributed by atoms with Crippen LogP contribution in [0.25, 0.3) is 0 Å². The van der Waals surface area contributed by atoms with Gasteiger partial charge in [0.05, 0.1) is 20.2 Å². The fourth-order valence-corrected chi connectivity index (χ4v) is 6.88. The summed E-state index contributed by atoms with van der Waals surface area (Å²) in [6.45, 7) is 8.21. The standard InChI is InChI=1S/C26H31Br3N4O3/c1-3-36-30-24(18-4-6-20(27)7-5-18)19-8-12-32(13-9-19)26(2)10-14-31(15-11-26)25(34)23-21(28)16-33(35)17-22(23)29/h4-7,16-17,19H,3,8-15H2,1-2H3/b30-24-. The Bertz CT molecular complexity index is 1090. The minimum Gasteiger partial charge on any atom is -0.619 e. The van der Waals surface area contributed by atoms with Gasteiger partial charge < -0.3 is 14.9 Å². The van der Waals surface area contributed by atoms with E-state index in [1.54, 1.807) is 0 Å². The highest BCUT2D eigenvalue weighted by Gasteiger charge is 2.40. The maximum Gasteiger partial charge on any atom is 0.256 e. The van der Waals surface area contributed by atoms with Gasteiger partial charge in [-0.25, -0.2) is 0 Å². The van der Waals surface area contributed by atoms with E-state index in [1.165, 1.54) is 12.4 Å². The fraction of sp³-hybridized carbons (Fsp3) is 0.500. The van der Waals surface area contributed by atoms with E-state index in [9.17, 15) is 10.0 Å². The minimum absolute atomic E-state index is 0.0543. The number of nitrogens with zero attached hydrogens (tertiary/aromatic N) is 4. The molecule has 194 valence electrons. The topological polar surface area (TPSA) is 72.1 Å². The number of likely N-dealkylation sites (tertiary alicyclic amines) is 2. The molecule has 2 saturated heterocycles. The fourth-order valence-electron chi connectivity index (χ4n) is 5.18. The van der Waals surface area contributed by atoms with Gasteiger partial charge in [-0.2, -0.15) is 4.73 Å². The molecule has 1 amide bonds. The van der Waals surface area contributed by atoms with Crippen LogP contribution in [0.2, 0.25) is 0 Å². The van der Waals surface area contributed by atoms with Gasteiger partial charge in [0.15, 0.2) is 12.4 Å². The smallest absolute Gasteiger partial charge is 0.256 e. The first kappa shape index (κ1) is 27.5. The lowest BCUT2D eigenvalue weighted by atomic mass is 9.82. The number of hydrogen-bond donors (Lipinski definition) is 0. The Morgan fingerprint density at radius 3 is 2.22 bits per heavy atom. The first-order valence-corrected chi connectivity index (χ1v) is 14.7. The van der Waals surface area contributed by atoms with Gasteiger partial charge in [-0.1, -0.05) is 33.2 Å². The van der Waals surface area contributed by atoms with Crippen LogP contribution >= 0.6 is 47.8 Å². The van der Waals surface area contributed by atoms with E-state index in [1.807, 2.05) is 24.0 Å². The van der Waals surface area contributed by atoms with Crippen molar-refractivity contribution in [3.8, 4) is 0 Å². The normalized spacial score (nSPS) is 19.4. The van der Waals surface area contributed by atoms with Gasteiger partial charge in [0.2, 0.25) is 0 Å². The van der Waals surface area contributed by atoms with Gasteiger partial charge in [-0.15, -0.1) is 0 Å². The monoisotopic (exact) mass is 684 g/mol. The summed E-state index contributed by atoms with van der Waals surface area (Å²) in [5.41, 5.74) is 2.71. The predicted molar refractivity (Wildman–Crippen MR) is 151 cm³/mol. The lowest BCUT2D eigenvalue weighted by molar-refractivity contribution is -0.606. The maximum atomic E-state index is 13.2. The number of carbonyl (C=O) groups excluding carboxylic acids is 1. The van der Waals surface area contributed by atoms with Crippen LogP contribution in [0.3, 0.4) is 0 Å². The highest BCUT2D eigenvalue weighted by Crippen LogP contribution is 2.35. The zero-order valence-electron chi connectivity index (χ0n) is 20.6. The van der Waals surface area contributed by atoms with Crippen molar-refractivity contribution < 1.29 is 14.4 Å². The number of benzene rings is 1. The van der Waals surface area contributed by atoms with Gasteiger partial charge in [0, 0.05) is 29.0 Å². The molecule has 0 spiro atoms. The molecule has 0 aliphatic carbocycles. The van der Waals surface area contributed by atoms with E-state index in [0.29, 0.717) is 44.9 Å². The van der Waals surface area contributed by atoms with Gasteiger partial charge in [0.1, 0.15) is 6.61 Å². The number of amides is 1. The number of aromatic nitrogens is 1. The minimum atomic E-state index is -0.0543. The number of piperidine rings is 2. The van der Waals surface area contributed by atoms with Crippen LogP contribution in [0.15, 0.2) is 55.2 Å². The molecule has 0 saturated carbocycles. The quantitative estimate of drug-likeness (QED) is 0.168. The summed E-state index contributed by atoms with van der Waals surface area (Å²) >= 11 is 10.3. The van der Waals surface area contributed by atoms with Crippen molar-refractivity contribution in [1.82, 2.24) is 9.80 Å². The first-order valence-electron chi connectivity index (χ1n) is 12.3. The van der Waals surface area contributed by atoms with Crippen LogP contribution in [0.5, 0.6) is 0 Å². The summed E-state index contributed by atoms with van der Waals surface area (Å²) in [7, 11) is 0. The Balaban J connectivity index is 1.38.